The number of carbonyl (C=O) groups is 1. The average Bonchev–Trinajstić information content (AvgIpc) is 2.38. The molecule has 0 heterocycles. The van der Waals surface area contributed by atoms with Gasteiger partial charge in [0.05, 0.1) is 6.61 Å². The van der Waals surface area contributed by atoms with Gasteiger partial charge in [0.1, 0.15) is 0 Å². The number of esters is 1. The molecule has 1 aromatic rings. The predicted molar refractivity (Wildman–Crippen MR) is 73.9 cm³/mol. The highest BCUT2D eigenvalue weighted by atomic mass is 16.5. The van der Waals surface area contributed by atoms with E-state index < -0.39 is 0 Å². The molecular weight excluding hydrogens is 226 g/mol. The van der Waals surface area contributed by atoms with Crippen molar-refractivity contribution in [1.29, 1.82) is 0 Å². The molecule has 1 aromatic carbocycles. The van der Waals surface area contributed by atoms with Crippen LogP contribution in [0.15, 0.2) is 29.8 Å². The van der Waals surface area contributed by atoms with Crippen LogP contribution < -0.4 is 5.73 Å². The normalized spacial score (nSPS) is 11.4. The molecule has 0 spiro atoms. The van der Waals surface area contributed by atoms with Gasteiger partial charge < -0.3 is 10.5 Å². The number of ether oxygens (including phenoxy) is 1. The van der Waals surface area contributed by atoms with Gasteiger partial charge in [-0.1, -0.05) is 35.9 Å². The third-order valence-electron chi connectivity index (χ3n) is 2.66. The second-order valence-corrected chi connectivity index (χ2v) is 4.24. The Morgan fingerprint density at radius 3 is 2.50 bits per heavy atom. The number of hydrogen-bond acceptors (Lipinski definition) is 3. The highest BCUT2D eigenvalue weighted by Gasteiger charge is 2.01. The van der Waals surface area contributed by atoms with Gasteiger partial charge in [0, 0.05) is 13.0 Å². The summed E-state index contributed by atoms with van der Waals surface area (Å²) in [5.74, 6) is -0.135. The number of rotatable bonds is 6. The molecule has 0 atom stereocenters. The van der Waals surface area contributed by atoms with Gasteiger partial charge in [-0.25, -0.2) is 0 Å². The molecule has 18 heavy (non-hydrogen) atoms. The van der Waals surface area contributed by atoms with Gasteiger partial charge in [-0.05, 0) is 31.4 Å². The van der Waals surface area contributed by atoms with Crippen LogP contribution in [0.1, 0.15) is 37.8 Å². The molecule has 0 amide bonds. The predicted octanol–water partition coefficient (Wildman–Crippen LogP) is 2.89. The molecule has 0 aliphatic heterocycles. The largest absolute Gasteiger partial charge is 0.466 e. The molecular formula is C15H21NO2. The molecule has 0 radical (unpaired) electrons. The minimum absolute atomic E-state index is 0.135. The monoisotopic (exact) mass is 247 g/mol. The molecule has 1 rings (SSSR count). The fraction of sp³-hybridized carbons (Fsp3) is 0.400. The summed E-state index contributed by atoms with van der Waals surface area (Å²) in [6.45, 7) is 4.85. The quantitative estimate of drug-likeness (QED) is 0.786. The highest BCUT2D eigenvalue weighted by Crippen LogP contribution is 2.12. The Morgan fingerprint density at radius 2 is 1.94 bits per heavy atom. The van der Waals surface area contributed by atoms with Crippen molar-refractivity contribution in [2.45, 2.75) is 33.2 Å². The van der Waals surface area contributed by atoms with Crippen molar-refractivity contribution in [3.63, 3.8) is 0 Å². The molecule has 0 aliphatic carbocycles. The number of benzene rings is 1. The van der Waals surface area contributed by atoms with Gasteiger partial charge in [0.25, 0.3) is 0 Å². The molecule has 3 heteroatoms. The summed E-state index contributed by atoms with van der Waals surface area (Å²) >= 11 is 0. The molecule has 0 fully saturated rings. The van der Waals surface area contributed by atoms with Gasteiger partial charge >= 0.3 is 5.97 Å². The summed E-state index contributed by atoms with van der Waals surface area (Å²) in [7, 11) is 0. The molecule has 2 N–H and O–H groups in total. The Morgan fingerprint density at radius 1 is 1.28 bits per heavy atom. The van der Waals surface area contributed by atoms with E-state index in [1.54, 1.807) is 0 Å². The fourth-order valence-corrected chi connectivity index (χ4v) is 1.64. The number of carbonyl (C=O) groups excluding carboxylic acids is 1. The van der Waals surface area contributed by atoms with E-state index in [0.717, 1.165) is 17.5 Å². The van der Waals surface area contributed by atoms with E-state index >= 15 is 0 Å². The zero-order chi connectivity index (χ0) is 13.4. The molecule has 0 bridgehead atoms. The van der Waals surface area contributed by atoms with E-state index in [9.17, 15) is 4.79 Å². The minimum atomic E-state index is -0.135. The van der Waals surface area contributed by atoms with Crippen LogP contribution >= 0.6 is 0 Å². The summed E-state index contributed by atoms with van der Waals surface area (Å²) in [4.78, 5) is 11.2. The van der Waals surface area contributed by atoms with Crippen LogP contribution in [0.5, 0.6) is 0 Å². The summed E-state index contributed by atoms with van der Waals surface area (Å²) < 4.78 is 4.89. The van der Waals surface area contributed by atoms with Crippen LogP contribution in [0.25, 0.3) is 6.08 Å². The van der Waals surface area contributed by atoms with Crippen LogP contribution in [0.4, 0.5) is 0 Å². The summed E-state index contributed by atoms with van der Waals surface area (Å²) in [6, 6.07) is 8.11. The van der Waals surface area contributed by atoms with Crippen LogP contribution in [0.2, 0.25) is 0 Å². The van der Waals surface area contributed by atoms with Crippen molar-refractivity contribution < 1.29 is 9.53 Å². The van der Waals surface area contributed by atoms with Crippen molar-refractivity contribution in [1.82, 2.24) is 0 Å². The first kappa shape index (κ1) is 14.5. The molecule has 0 aliphatic rings. The second-order valence-electron chi connectivity index (χ2n) is 4.24. The highest BCUT2D eigenvalue weighted by molar-refractivity contribution is 5.70. The Balaban J connectivity index is 2.51. The summed E-state index contributed by atoms with van der Waals surface area (Å²) in [5, 5.41) is 0. The first-order valence-electron chi connectivity index (χ1n) is 6.27. The van der Waals surface area contributed by atoms with E-state index in [0.29, 0.717) is 19.6 Å². The van der Waals surface area contributed by atoms with Crippen LogP contribution in [-0.4, -0.2) is 12.6 Å². The standard InChI is InChI=1S/C15H21NO2/c1-3-18-15(17)9-4-12(2)10-13-5-7-14(11-16)8-6-13/h5-8,10H,3-4,9,11,16H2,1-2H3/b12-10+. The van der Waals surface area contributed by atoms with Crippen LogP contribution in [0.3, 0.4) is 0 Å². The van der Waals surface area contributed by atoms with E-state index in [2.05, 4.69) is 6.08 Å². The van der Waals surface area contributed by atoms with Crippen molar-refractivity contribution in [2.75, 3.05) is 6.61 Å². The second kappa shape index (κ2) is 7.67. The molecule has 98 valence electrons. The van der Waals surface area contributed by atoms with E-state index in [1.807, 2.05) is 38.1 Å². The first-order valence-corrected chi connectivity index (χ1v) is 6.27. The van der Waals surface area contributed by atoms with Gasteiger partial charge in [0.15, 0.2) is 0 Å². The Kier molecular flexibility index (Phi) is 6.15. The minimum Gasteiger partial charge on any atom is -0.466 e. The van der Waals surface area contributed by atoms with Crippen molar-refractivity contribution in [3.8, 4) is 0 Å². The lowest BCUT2D eigenvalue weighted by atomic mass is 10.1. The van der Waals surface area contributed by atoms with Gasteiger partial charge in [-0.2, -0.15) is 0 Å². The number of hydrogen-bond donors (Lipinski definition) is 1. The first-order chi connectivity index (χ1) is 8.65. The summed E-state index contributed by atoms with van der Waals surface area (Å²) in [5.41, 5.74) is 8.97. The zero-order valence-corrected chi connectivity index (χ0v) is 11.1. The number of allylic oxidation sites excluding steroid dienone is 1. The van der Waals surface area contributed by atoms with E-state index in [-0.39, 0.29) is 5.97 Å². The van der Waals surface area contributed by atoms with E-state index in [1.165, 1.54) is 5.57 Å². The van der Waals surface area contributed by atoms with Crippen molar-refractivity contribution >= 4 is 12.0 Å². The van der Waals surface area contributed by atoms with Crippen LogP contribution in [0, 0.1) is 0 Å². The molecule has 3 nitrogen and oxygen atoms in total. The Bertz CT molecular complexity index is 407. The SMILES string of the molecule is CCOC(=O)CC/C(C)=C/c1ccc(CN)cc1. The smallest absolute Gasteiger partial charge is 0.306 e. The maximum atomic E-state index is 11.2. The molecule has 0 saturated carbocycles. The third kappa shape index (κ3) is 5.15. The van der Waals surface area contributed by atoms with Gasteiger partial charge in [-0.15, -0.1) is 0 Å². The zero-order valence-electron chi connectivity index (χ0n) is 11.1. The lowest BCUT2D eigenvalue weighted by Crippen LogP contribution is -2.03. The lowest BCUT2D eigenvalue weighted by molar-refractivity contribution is -0.143. The summed E-state index contributed by atoms with van der Waals surface area (Å²) in [6.07, 6.45) is 3.26. The van der Waals surface area contributed by atoms with Crippen molar-refractivity contribution in [2.24, 2.45) is 5.73 Å². The lowest BCUT2D eigenvalue weighted by Gasteiger charge is -2.03. The van der Waals surface area contributed by atoms with Gasteiger partial charge in [-0.3, -0.25) is 4.79 Å². The maximum Gasteiger partial charge on any atom is 0.306 e. The van der Waals surface area contributed by atoms with E-state index in [4.69, 9.17) is 10.5 Å². The third-order valence-corrected chi connectivity index (χ3v) is 2.66. The number of nitrogens with two attached hydrogens (primary N) is 1. The Hall–Kier alpha value is -1.61. The average molecular weight is 247 g/mol. The molecule has 0 aromatic heterocycles. The molecule has 0 saturated heterocycles. The Labute approximate surface area is 109 Å². The fourth-order valence-electron chi connectivity index (χ4n) is 1.64. The topological polar surface area (TPSA) is 52.3 Å². The van der Waals surface area contributed by atoms with Crippen molar-refractivity contribution in [3.05, 3.63) is 41.0 Å². The van der Waals surface area contributed by atoms with Crippen LogP contribution in [-0.2, 0) is 16.1 Å². The maximum absolute atomic E-state index is 11.2. The molecule has 0 unspecified atom stereocenters. The van der Waals surface area contributed by atoms with Gasteiger partial charge in [0.2, 0.25) is 0 Å².